The van der Waals surface area contributed by atoms with Crippen molar-refractivity contribution in [3.05, 3.63) is 64.2 Å². The summed E-state index contributed by atoms with van der Waals surface area (Å²) in [5, 5.41) is 27.1. The van der Waals surface area contributed by atoms with E-state index in [1.54, 1.807) is 50.2 Å². The number of phenolic OH excluding ortho intramolecular Hbond substituents is 1. The van der Waals surface area contributed by atoms with Gasteiger partial charge in [0.1, 0.15) is 5.75 Å². The summed E-state index contributed by atoms with van der Waals surface area (Å²) in [5.74, 6) is -0.675. The van der Waals surface area contributed by atoms with Gasteiger partial charge in [-0.2, -0.15) is 10.1 Å². The maximum absolute atomic E-state index is 12.9. The number of nitrogens with zero attached hydrogens (tertiary/aromatic N) is 2. The Balaban J connectivity index is 2.05. The average molecular weight is 345 g/mol. The zero-order valence-corrected chi connectivity index (χ0v) is 14.1. The molecular formula is C18H17ClN2O3. The van der Waals surface area contributed by atoms with E-state index in [4.69, 9.17) is 11.6 Å². The summed E-state index contributed by atoms with van der Waals surface area (Å²) in [6, 6.07) is 11.5. The van der Waals surface area contributed by atoms with Gasteiger partial charge < -0.3 is 10.2 Å². The quantitative estimate of drug-likeness (QED) is 0.876. The Morgan fingerprint density at radius 2 is 1.88 bits per heavy atom. The van der Waals surface area contributed by atoms with Crippen LogP contribution in [0.15, 0.2) is 47.6 Å². The number of hydrogen-bond acceptors (Lipinski definition) is 4. The molecule has 0 saturated carbocycles. The molecule has 2 aromatic rings. The first-order valence-corrected chi connectivity index (χ1v) is 7.86. The number of phenols is 1. The Morgan fingerprint density at radius 1 is 1.21 bits per heavy atom. The molecule has 0 aliphatic carbocycles. The van der Waals surface area contributed by atoms with Gasteiger partial charge in [-0.25, -0.2) is 0 Å². The number of carbonyl (C=O) groups is 1. The van der Waals surface area contributed by atoms with Gasteiger partial charge in [0.15, 0.2) is 5.72 Å². The molecule has 0 fully saturated rings. The number of para-hydroxylation sites is 1. The summed E-state index contributed by atoms with van der Waals surface area (Å²) < 4.78 is 0. The summed E-state index contributed by atoms with van der Waals surface area (Å²) in [6.45, 7) is 3.44. The summed E-state index contributed by atoms with van der Waals surface area (Å²) in [4.78, 5) is 12.9. The largest absolute Gasteiger partial charge is 0.507 e. The zero-order chi connectivity index (χ0) is 17.5. The van der Waals surface area contributed by atoms with Crippen LogP contribution in [0, 0.1) is 6.92 Å². The van der Waals surface area contributed by atoms with Gasteiger partial charge in [-0.1, -0.05) is 35.9 Å². The van der Waals surface area contributed by atoms with Gasteiger partial charge in [0, 0.05) is 22.7 Å². The number of aliphatic hydroxyl groups is 1. The SMILES string of the molecule is CC1=NN(C(=O)c2cccc(C)c2O)[C@@](O)(c2ccc(Cl)cc2)C1. The third-order valence-corrected chi connectivity index (χ3v) is 4.34. The highest BCUT2D eigenvalue weighted by Gasteiger charge is 2.45. The maximum Gasteiger partial charge on any atom is 0.280 e. The van der Waals surface area contributed by atoms with Gasteiger partial charge >= 0.3 is 0 Å². The summed E-state index contributed by atoms with van der Waals surface area (Å²) in [6.07, 6.45) is 0.187. The lowest BCUT2D eigenvalue weighted by molar-refractivity contribution is -0.0766. The molecule has 3 rings (SSSR count). The first-order valence-electron chi connectivity index (χ1n) is 7.48. The number of hydrazone groups is 1. The molecule has 0 unspecified atom stereocenters. The van der Waals surface area contributed by atoms with Crippen molar-refractivity contribution in [2.75, 3.05) is 0 Å². The predicted molar refractivity (Wildman–Crippen MR) is 92.1 cm³/mol. The number of aromatic hydroxyl groups is 1. The molecule has 1 amide bonds. The first kappa shape index (κ1) is 16.5. The van der Waals surface area contributed by atoms with Gasteiger partial charge in [-0.3, -0.25) is 4.79 Å². The van der Waals surface area contributed by atoms with Gasteiger partial charge in [0.25, 0.3) is 5.91 Å². The van der Waals surface area contributed by atoms with Crippen molar-refractivity contribution in [1.29, 1.82) is 0 Å². The van der Waals surface area contributed by atoms with Crippen LogP contribution in [0.25, 0.3) is 0 Å². The van der Waals surface area contributed by atoms with Crippen molar-refractivity contribution in [3.63, 3.8) is 0 Å². The Hall–Kier alpha value is -2.37. The van der Waals surface area contributed by atoms with Crippen molar-refractivity contribution >= 4 is 23.2 Å². The van der Waals surface area contributed by atoms with Crippen LogP contribution in [0.1, 0.15) is 34.8 Å². The fourth-order valence-electron chi connectivity index (χ4n) is 2.82. The molecule has 2 aromatic carbocycles. The van der Waals surface area contributed by atoms with Gasteiger partial charge in [-0.15, -0.1) is 0 Å². The Kier molecular flexibility index (Phi) is 4.07. The third kappa shape index (κ3) is 2.66. The highest BCUT2D eigenvalue weighted by Crippen LogP contribution is 2.38. The molecule has 0 spiro atoms. The Morgan fingerprint density at radius 3 is 2.54 bits per heavy atom. The maximum atomic E-state index is 12.9. The van der Waals surface area contributed by atoms with Gasteiger partial charge in [0.05, 0.1) is 5.56 Å². The second-order valence-corrected chi connectivity index (χ2v) is 6.36. The highest BCUT2D eigenvalue weighted by atomic mass is 35.5. The molecular weight excluding hydrogens is 328 g/mol. The molecule has 1 aliphatic rings. The monoisotopic (exact) mass is 344 g/mol. The fraction of sp³-hybridized carbons (Fsp3) is 0.222. The summed E-state index contributed by atoms with van der Waals surface area (Å²) >= 11 is 5.90. The minimum absolute atomic E-state index is 0.0980. The van der Waals surface area contributed by atoms with E-state index >= 15 is 0 Å². The van der Waals surface area contributed by atoms with E-state index < -0.39 is 11.6 Å². The van der Waals surface area contributed by atoms with Crippen molar-refractivity contribution in [2.45, 2.75) is 26.0 Å². The van der Waals surface area contributed by atoms with Crippen LogP contribution in [0.4, 0.5) is 0 Å². The zero-order valence-electron chi connectivity index (χ0n) is 13.3. The molecule has 1 aliphatic heterocycles. The van der Waals surface area contributed by atoms with Gasteiger partial charge in [0.2, 0.25) is 0 Å². The molecule has 0 aromatic heterocycles. The average Bonchev–Trinajstić information content (AvgIpc) is 2.86. The number of carbonyl (C=O) groups excluding carboxylic acids is 1. The molecule has 1 atom stereocenters. The molecule has 0 bridgehead atoms. The minimum atomic E-state index is -1.61. The highest BCUT2D eigenvalue weighted by molar-refractivity contribution is 6.30. The van der Waals surface area contributed by atoms with Crippen LogP contribution < -0.4 is 0 Å². The molecule has 0 radical (unpaired) electrons. The fourth-order valence-corrected chi connectivity index (χ4v) is 2.95. The van der Waals surface area contributed by atoms with Crippen LogP contribution in [-0.2, 0) is 5.72 Å². The Labute approximate surface area is 144 Å². The third-order valence-electron chi connectivity index (χ3n) is 4.09. The number of amides is 1. The molecule has 24 heavy (non-hydrogen) atoms. The van der Waals surface area contributed by atoms with Crippen molar-refractivity contribution in [3.8, 4) is 5.75 Å². The van der Waals surface area contributed by atoms with Crippen molar-refractivity contribution in [2.24, 2.45) is 5.10 Å². The lowest BCUT2D eigenvalue weighted by Crippen LogP contribution is -2.43. The lowest BCUT2D eigenvalue weighted by Gasteiger charge is -2.31. The van der Waals surface area contributed by atoms with Gasteiger partial charge in [-0.05, 0) is 37.6 Å². The van der Waals surface area contributed by atoms with Crippen molar-refractivity contribution in [1.82, 2.24) is 5.01 Å². The van der Waals surface area contributed by atoms with Crippen LogP contribution in [0.3, 0.4) is 0 Å². The van der Waals surface area contributed by atoms with Crippen LogP contribution >= 0.6 is 11.6 Å². The van der Waals surface area contributed by atoms with Crippen LogP contribution in [0.5, 0.6) is 5.75 Å². The predicted octanol–water partition coefficient (Wildman–Crippen LogP) is 3.42. The molecule has 6 heteroatoms. The molecule has 0 saturated heterocycles. The van der Waals surface area contributed by atoms with E-state index in [9.17, 15) is 15.0 Å². The number of benzene rings is 2. The normalized spacial score (nSPS) is 20.2. The van der Waals surface area contributed by atoms with Crippen LogP contribution in [0.2, 0.25) is 5.02 Å². The van der Waals surface area contributed by atoms with E-state index in [0.717, 1.165) is 5.01 Å². The van der Waals surface area contributed by atoms with Crippen LogP contribution in [-0.4, -0.2) is 26.8 Å². The Bertz CT molecular complexity index is 833. The number of halogens is 1. The van der Waals surface area contributed by atoms with E-state index in [2.05, 4.69) is 5.10 Å². The summed E-state index contributed by atoms with van der Waals surface area (Å²) in [5.41, 5.74) is 0.194. The number of rotatable bonds is 2. The first-order chi connectivity index (χ1) is 11.3. The number of hydrogen-bond donors (Lipinski definition) is 2. The second-order valence-electron chi connectivity index (χ2n) is 5.92. The molecule has 1 heterocycles. The van der Waals surface area contributed by atoms with E-state index in [0.29, 0.717) is 21.9 Å². The lowest BCUT2D eigenvalue weighted by atomic mass is 9.97. The summed E-state index contributed by atoms with van der Waals surface area (Å²) in [7, 11) is 0. The second kappa shape index (κ2) is 5.92. The van der Waals surface area contributed by atoms with E-state index in [1.807, 2.05) is 0 Å². The number of aryl methyl sites for hydroxylation is 1. The molecule has 124 valence electrons. The topological polar surface area (TPSA) is 73.1 Å². The molecule has 2 N–H and O–H groups in total. The van der Waals surface area contributed by atoms with E-state index in [-0.39, 0.29) is 17.7 Å². The standard InChI is InChI=1S/C18H17ClN2O3/c1-11-4-3-5-15(16(11)22)17(23)21-18(24,10-12(2)20-21)13-6-8-14(19)9-7-13/h3-9,22,24H,10H2,1-2H3/t18-/m0/s1. The van der Waals surface area contributed by atoms with E-state index in [1.165, 1.54) is 6.07 Å². The van der Waals surface area contributed by atoms with Crippen molar-refractivity contribution < 1.29 is 15.0 Å². The minimum Gasteiger partial charge on any atom is -0.507 e. The molecule has 5 nitrogen and oxygen atoms in total. The smallest absolute Gasteiger partial charge is 0.280 e.